The Morgan fingerprint density at radius 2 is 2.04 bits per heavy atom. The maximum absolute atomic E-state index is 13.0. The standard InChI is InChI=1S/C22H32N4O/c1-5-26-21(14-19(23-26)13-17(2)3)22(27)24(4)15-18-11-12-25(16-18)20-9-7-6-8-10-20/h6-10,14,17-18H,5,11-13,15-16H2,1-4H3/t18-/m0/s1. The summed E-state index contributed by atoms with van der Waals surface area (Å²) in [6.07, 6.45) is 2.03. The van der Waals surface area contributed by atoms with Crippen LogP contribution in [0, 0.1) is 11.8 Å². The van der Waals surface area contributed by atoms with Crippen molar-refractivity contribution in [3.8, 4) is 0 Å². The Balaban J connectivity index is 1.62. The predicted octanol–water partition coefficient (Wildman–Crippen LogP) is 3.70. The molecule has 0 N–H and O–H groups in total. The summed E-state index contributed by atoms with van der Waals surface area (Å²) in [5.74, 6) is 1.12. The highest BCUT2D eigenvalue weighted by atomic mass is 16.2. The fraction of sp³-hybridized carbons (Fsp3) is 0.545. The molecule has 5 heteroatoms. The Kier molecular flexibility index (Phi) is 6.19. The molecule has 0 unspecified atom stereocenters. The first kappa shape index (κ1) is 19.5. The molecule has 2 heterocycles. The molecule has 27 heavy (non-hydrogen) atoms. The lowest BCUT2D eigenvalue weighted by Gasteiger charge is -2.22. The maximum atomic E-state index is 13.0. The van der Waals surface area contributed by atoms with Crippen LogP contribution >= 0.6 is 0 Å². The molecule has 3 rings (SSSR count). The van der Waals surface area contributed by atoms with E-state index in [2.05, 4.69) is 48.1 Å². The van der Waals surface area contributed by atoms with Gasteiger partial charge in [-0.2, -0.15) is 5.10 Å². The van der Waals surface area contributed by atoms with Crippen molar-refractivity contribution in [2.75, 3.05) is 31.6 Å². The summed E-state index contributed by atoms with van der Waals surface area (Å²) in [7, 11) is 1.92. The number of aromatic nitrogens is 2. The van der Waals surface area contributed by atoms with Crippen LogP contribution in [0.3, 0.4) is 0 Å². The maximum Gasteiger partial charge on any atom is 0.271 e. The molecule has 1 aromatic heterocycles. The van der Waals surface area contributed by atoms with E-state index in [1.165, 1.54) is 5.69 Å². The summed E-state index contributed by atoms with van der Waals surface area (Å²) in [4.78, 5) is 17.3. The lowest BCUT2D eigenvalue weighted by molar-refractivity contribution is 0.0764. The Morgan fingerprint density at radius 1 is 1.30 bits per heavy atom. The van der Waals surface area contributed by atoms with Crippen molar-refractivity contribution >= 4 is 11.6 Å². The van der Waals surface area contributed by atoms with E-state index < -0.39 is 0 Å². The van der Waals surface area contributed by atoms with Gasteiger partial charge in [-0.25, -0.2) is 0 Å². The molecule has 5 nitrogen and oxygen atoms in total. The molecule has 0 aliphatic carbocycles. The van der Waals surface area contributed by atoms with Crippen LogP contribution in [0.1, 0.15) is 43.4 Å². The Morgan fingerprint density at radius 3 is 2.70 bits per heavy atom. The molecular weight excluding hydrogens is 336 g/mol. The smallest absolute Gasteiger partial charge is 0.271 e. The van der Waals surface area contributed by atoms with Crippen LogP contribution < -0.4 is 4.90 Å². The highest BCUT2D eigenvalue weighted by Gasteiger charge is 2.26. The fourth-order valence-corrected chi connectivity index (χ4v) is 3.92. The second-order valence-electron chi connectivity index (χ2n) is 8.06. The van der Waals surface area contributed by atoms with Crippen LogP contribution in [0.2, 0.25) is 0 Å². The minimum Gasteiger partial charge on any atom is -0.371 e. The molecule has 146 valence electrons. The number of carbonyl (C=O) groups excluding carboxylic acids is 1. The topological polar surface area (TPSA) is 41.4 Å². The van der Waals surface area contributed by atoms with Gasteiger partial charge in [-0.15, -0.1) is 0 Å². The van der Waals surface area contributed by atoms with E-state index >= 15 is 0 Å². The van der Waals surface area contributed by atoms with E-state index in [0.717, 1.165) is 44.7 Å². The van der Waals surface area contributed by atoms with Crippen molar-refractivity contribution in [1.29, 1.82) is 0 Å². The quantitative estimate of drug-likeness (QED) is 0.748. The molecule has 1 aromatic carbocycles. The number of para-hydroxylation sites is 1. The number of hydrogen-bond acceptors (Lipinski definition) is 3. The largest absolute Gasteiger partial charge is 0.371 e. The molecule has 0 bridgehead atoms. The molecule has 0 saturated carbocycles. The summed E-state index contributed by atoms with van der Waals surface area (Å²) >= 11 is 0. The minimum atomic E-state index is 0.0810. The lowest BCUT2D eigenvalue weighted by Crippen LogP contribution is -2.34. The van der Waals surface area contributed by atoms with Crippen molar-refractivity contribution in [3.63, 3.8) is 0 Å². The number of anilines is 1. The summed E-state index contributed by atoms with van der Waals surface area (Å²) in [6, 6.07) is 12.5. The van der Waals surface area contributed by atoms with Gasteiger partial charge in [0.2, 0.25) is 0 Å². The number of nitrogens with zero attached hydrogens (tertiary/aromatic N) is 4. The third kappa shape index (κ3) is 4.71. The molecule has 1 fully saturated rings. The van der Waals surface area contributed by atoms with Crippen molar-refractivity contribution in [1.82, 2.24) is 14.7 Å². The Bertz CT molecular complexity index is 753. The van der Waals surface area contributed by atoms with Gasteiger partial charge in [-0.1, -0.05) is 32.0 Å². The molecule has 1 saturated heterocycles. The van der Waals surface area contributed by atoms with Crippen LogP contribution in [-0.4, -0.2) is 47.3 Å². The van der Waals surface area contributed by atoms with Crippen molar-refractivity contribution in [3.05, 3.63) is 47.8 Å². The van der Waals surface area contributed by atoms with E-state index in [1.54, 1.807) is 0 Å². The zero-order valence-electron chi connectivity index (χ0n) is 17.1. The van der Waals surface area contributed by atoms with Gasteiger partial charge in [0.15, 0.2) is 0 Å². The van der Waals surface area contributed by atoms with E-state index in [-0.39, 0.29) is 5.91 Å². The summed E-state index contributed by atoms with van der Waals surface area (Å²) < 4.78 is 1.85. The van der Waals surface area contributed by atoms with E-state index in [4.69, 9.17) is 0 Å². The number of aryl methyl sites for hydroxylation is 1. The normalized spacial score (nSPS) is 16.9. The Labute approximate surface area is 163 Å². The van der Waals surface area contributed by atoms with Gasteiger partial charge in [0, 0.05) is 38.9 Å². The Hall–Kier alpha value is -2.30. The number of hydrogen-bond donors (Lipinski definition) is 0. The highest BCUT2D eigenvalue weighted by molar-refractivity contribution is 5.92. The van der Waals surface area contributed by atoms with E-state index in [1.807, 2.05) is 35.7 Å². The number of carbonyl (C=O) groups is 1. The summed E-state index contributed by atoms with van der Waals surface area (Å²) in [5, 5.41) is 4.62. The fourth-order valence-electron chi connectivity index (χ4n) is 3.92. The first-order valence-corrected chi connectivity index (χ1v) is 10.1. The number of rotatable bonds is 7. The van der Waals surface area contributed by atoms with Crippen LogP contribution in [0.4, 0.5) is 5.69 Å². The van der Waals surface area contributed by atoms with Gasteiger partial charge in [0.1, 0.15) is 5.69 Å². The third-order valence-corrected chi connectivity index (χ3v) is 5.25. The van der Waals surface area contributed by atoms with Gasteiger partial charge in [0.05, 0.1) is 5.69 Å². The predicted molar refractivity (Wildman–Crippen MR) is 110 cm³/mol. The molecule has 1 aliphatic rings. The second kappa shape index (κ2) is 8.59. The highest BCUT2D eigenvalue weighted by Crippen LogP contribution is 2.24. The third-order valence-electron chi connectivity index (χ3n) is 5.25. The zero-order valence-corrected chi connectivity index (χ0v) is 17.1. The lowest BCUT2D eigenvalue weighted by atomic mass is 10.1. The van der Waals surface area contributed by atoms with Gasteiger partial charge in [-0.05, 0) is 49.8 Å². The first-order valence-electron chi connectivity index (χ1n) is 10.1. The average Bonchev–Trinajstić information content (AvgIpc) is 3.28. The number of benzene rings is 1. The van der Waals surface area contributed by atoms with Crippen LogP contribution in [0.25, 0.3) is 0 Å². The number of amides is 1. The molecule has 1 amide bonds. The van der Waals surface area contributed by atoms with E-state index in [9.17, 15) is 4.79 Å². The molecule has 1 atom stereocenters. The van der Waals surface area contributed by atoms with Gasteiger partial charge in [-0.3, -0.25) is 9.48 Å². The summed E-state index contributed by atoms with van der Waals surface area (Å²) in [5.41, 5.74) is 3.00. The van der Waals surface area contributed by atoms with Gasteiger partial charge >= 0.3 is 0 Å². The molecule has 1 aliphatic heterocycles. The van der Waals surface area contributed by atoms with Crippen molar-refractivity contribution in [2.24, 2.45) is 11.8 Å². The minimum absolute atomic E-state index is 0.0810. The summed E-state index contributed by atoms with van der Waals surface area (Å²) in [6.45, 7) is 9.97. The molecule has 2 aromatic rings. The van der Waals surface area contributed by atoms with Crippen molar-refractivity contribution in [2.45, 2.75) is 40.2 Å². The van der Waals surface area contributed by atoms with Crippen LogP contribution in [-0.2, 0) is 13.0 Å². The first-order chi connectivity index (χ1) is 13.0. The molecular formula is C22H32N4O. The van der Waals surface area contributed by atoms with Crippen molar-refractivity contribution < 1.29 is 4.79 Å². The zero-order chi connectivity index (χ0) is 19.4. The van der Waals surface area contributed by atoms with Crippen LogP contribution in [0.15, 0.2) is 36.4 Å². The van der Waals surface area contributed by atoms with Gasteiger partial charge < -0.3 is 9.80 Å². The SMILES string of the molecule is CCn1nc(CC(C)C)cc1C(=O)N(C)C[C@@H]1CCN(c2ccccc2)C1. The van der Waals surface area contributed by atoms with Gasteiger partial charge in [0.25, 0.3) is 5.91 Å². The second-order valence-corrected chi connectivity index (χ2v) is 8.06. The average molecular weight is 369 g/mol. The monoisotopic (exact) mass is 368 g/mol. The molecule has 0 radical (unpaired) electrons. The molecule has 0 spiro atoms. The van der Waals surface area contributed by atoms with E-state index in [0.29, 0.717) is 17.5 Å². The van der Waals surface area contributed by atoms with Crippen LogP contribution in [0.5, 0.6) is 0 Å².